The van der Waals surface area contributed by atoms with Crippen LogP contribution in [0.1, 0.15) is 27.7 Å². The van der Waals surface area contributed by atoms with Gasteiger partial charge in [0.2, 0.25) is 5.91 Å². The molecule has 2 aromatic rings. The van der Waals surface area contributed by atoms with Crippen LogP contribution in [0.4, 0.5) is 16.3 Å². The van der Waals surface area contributed by atoms with Crippen molar-refractivity contribution < 1.29 is 43.2 Å². The smallest absolute Gasteiger partial charge is 0.408 e. The maximum atomic E-state index is 12.3. The minimum absolute atomic E-state index is 0.124. The van der Waals surface area contributed by atoms with Crippen LogP contribution in [0.2, 0.25) is 0 Å². The Kier molecular flexibility index (Phi) is 14.4. The lowest BCUT2D eigenvalue weighted by atomic mass is 10.0. The lowest BCUT2D eigenvalue weighted by Gasteiger charge is -2.30. The zero-order chi connectivity index (χ0) is 33.4. The number of alkyl carbamates (subject to hydrolysis) is 1. The van der Waals surface area contributed by atoms with E-state index in [4.69, 9.17) is 28.8 Å². The molecule has 0 saturated carbocycles. The topological polar surface area (TPSA) is 171 Å². The summed E-state index contributed by atoms with van der Waals surface area (Å²) >= 11 is 1.40. The van der Waals surface area contributed by atoms with Gasteiger partial charge in [0.05, 0.1) is 57.6 Å². The summed E-state index contributed by atoms with van der Waals surface area (Å²) in [5, 5.41) is 14.8. The zero-order valence-corrected chi connectivity index (χ0v) is 27.2. The molecule has 250 valence electrons. The molecule has 0 aliphatic carbocycles. The molecule has 0 atom stereocenters. The number of nitrogens with one attached hydrogen (secondary N) is 2. The number of aromatic nitrogens is 2. The number of rotatable bonds is 18. The fourth-order valence-corrected chi connectivity index (χ4v) is 4.45. The third kappa shape index (κ3) is 14.4. The summed E-state index contributed by atoms with van der Waals surface area (Å²) in [6, 6.07) is 7.36. The minimum Gasteiger partial charge on any atom is -0.480 e. The molecule has 2 heterocycles. The fraction of sp³-hybridized carbons (Fsp3) is 0.452. The van der Waals surface area contributed by atoms with Gasteiger partial charge in [0, 0.05) is 23.0 Å². The van der Waals surface area contributed by atoms with Crippen LogP contribution in [0.3, 0.4) is 0 Å². The highest BCUT2D eigenvalue weighted by molar-refractivity contribution is 7.99. The highest BCUT2D eigenvalue weighted by atomic mass is 32.2. The number of carbonyl (C=O) groups is 3. The number of amides is 2. The summed E-state index contributed by atoms with van der Waals surface area (Å²) < 4.78 is 26.2. The molecular weight excluding hydrogens is 618 g/mol. The molecule has 0 radical (unpaired) electrons. The van der Waals surface area contributed by atoms with E-state index >= 15 is 0 Å². The van der Waals surface area contributed by atoms with E-state index in [-0.39, 0.29) is 38.9 Å². The van der Waals surface area contributed by atoms with E-state index in [0.717, 1.165) is 4.90 Å². The lowest BCUT2D eigenvalue weighted by molar-refractivity contribution is -0.142. The number of anilines is 2. The Morgan fingerprint density at radius 3 is 2.13 bits per heavy atom. The number of carboxylic acid groups (broad SMARTS) is 1. The average Bonchev–Trinajstić information content (AvgIpc) is 2.97. The van der Waals surface area contributed by atoms with Crippen LogP contribution in [-0.4, -0.2) is 97.0 Å². The number of hydrogen-bond donors (Lipinski definition) is 3. The van der Waals surface area contributed by atoms with Gasteiger partial charge in [-0.2, -0.15) is 0 Å². The monoisotopic (exact) mass is 659 g/mol. The van der Waals surface area contributed by atoms with Crippen molar-refractivity contribution in [1.82, 2.24) is 15.3 Å². The molecule has 1 aliphatic heterocycles. The predicted molar refractivity (Wildman–Crippen MR) is 171 cm³/mol. The van der Waals surface area contributed by atoms with E-state index in [1.54, 1.807) is 35.8 Å². The molecule has 15 heteroatoms. The normalized spacial score (nSPS) is 13.8. The molecule has 0 unspecified atom stereocenters. The van der Waals surface area contributed by atoms with Gasteiger partial charge in [-0.3, -0.25) is 4.79 Å². The van der Waals surface area contributed by atoms with Gasteiger partial charge in [0.15, 0.2) is 5.82 Å². The summed E-state index contributed by atoms with van der Waals surface area (Å²) in [6.45, 7) is 8.51. The molecule has 14 nitrogen and oxygen atoms in total. The van der Waals surface area contributed by atoms with Crippen LogP contribution in [0.25, 0.3) is 0 Å². The Morgan fingerprint density at radius 1 is 0.913 bits per heavy atom. The van der Waals surface area contributed by atoms with Crippen molar-refractivity contribution in [3.63, 3.8) is 0 Å². The van der Waals surface area contributed by atoms with Gasteiger partial charge in [-0.25, -0.2) is 19.6 Å². The van der Waals surface area contributed by atoms with Crippen molar-refractivity contribution >= 4 is 41.2 Å². The number of hydrogen-bond acceptors (Lipinski definition) is 12. The molecule has 3 N–H and O–H groups in total. The molecule has 46 heavy (non-hydrogen) atoms. The van der Waals surface area contributed by atoms with E-state index in [0.29, 0.717) is 36.4 Å². The van der Waals surface area contributed by atoms with E-state index in [9.17, 15) is 14.4 Å². The second kappa shape index (κ2) is 18.2. The number of aliphatic carboxylic acids is 1. The Hall–Kier alpha value is -4.02. The van der Waals surface area contributed by atoms with Crippen LogP contribution in [0, 0.1) is 0 Å². The molecule has 1 aromatic heterocycles. The van der Waals surface area contributed by atoms with Gasteiger partial charge in [-0.05, 0) is 58.0 Å². The quantitative estimate of drug-likeness (QED) is 0.197. The first-order valence-corrected chi connectivity index (χ1v) is 15.3. The first-order valence-electron chi connectivity index (χ1n) is 14.5. The predicted octanol–water partition coefficient (Wildman–Crippen LogP) is 3.85. The third-order valence-corrected chi connectivity index (χ3v) is 6.64. The number of benzene rings is 1. The molecule has 3 rings (SSSR count). The van der Waals surface area contributed by atoms with Gasteiger partial charge < -0.3 is 44.3 Å². The summed E-state index contributed by atoms with van der Waals surface area (Å²) in [5.74, 6) is -0.711. The Bertz CT molecular complexity index is 1330. The highest BCUT2D eigenvalue weighted by Gasteiger charge is 2.26. The standard InChI is InChI=1S/C31H41N5O9S/c1-30(2,3)45-29(40)35-31(4)8-10-36(11-9-31)25-19-33-27(20-32-25)46-24-7-5-6-23(18-24)34-26(37)21-43-16-14-41-12-13-42-15-17-44-22-28(38)39/h5-11,18-20H,12-17,21-22H2,1-4H3,(H,34,37)(H,35,40)(H,38,39). The van der Waals surface area contributed by atoms with Crippen molar-refractivity contribution in [1.29, 1.82) is 0 Å². The minimum atomic E-state index is -1.02. The number of ether oxygens (including phenoxy) is 5. The van der Waals surface area contributed by atoms with Crippen molar-refractivity contribution in [2.75, 3.05) is 63.1 Å². The van der Waals surface area contributed by atoms with Crippen molar-refractivity contribution in [2.24, 2.45) is 0 Å². The lowest BCUT2D eigenvalue weighted by Crippen LogP contribution is -2.46. The fourth-order valence-electron chi connectivity index (χ4n) is 3.67. The largest absolute Gasteiger partial charge is 0.480 e. The van der Waals surface area contributed by atoms with Gasteiger partial charge in [0.1, 0.15) is 23.8 Å². The van der Waals surface area contributed by atoms with Crippen molar-refractivity contribution in [3.8, 4) is 0 Å². The number of carboxylic acids is 1. The van der Waals surface area contributed by atoms with Crippen LogP contribution >= 0.6 is 11.8 Å². The second-order valence-corrected chi connectivity index (χ2v) is 12.2. The molecule has 1 aromatic carbocycles. The van der Waals surface area contributed by atoms with Gasteiger partial charge >= 0.3 is 12.1 Å². The van der Waals surface area contributed by atoms with E-state index in [1.165, 1.54) is 11.8 Å². The first kappa shape index (κ1) is 36.4. The van der Waals surface area contributed by atoms with Crippen LogP contribution < -0.4 is 15.5 Å². The molecule has 0 bridgehead atoms. The Morgan fingerprint density at radius 2 is 1.54 bits per heavy atom. The summed E-state index contributed by atoms with van der Waals surface area (Å²) in [5.41, 5.74) is -0.672. The van der Waals surface area contributed by atoms with Crippen LogP contribution in [-0.2, 0) is 33.3 Å². The zero-order valence-electron chi connectivity index (χ0n) is 26.4. The Balaban J connectivity index is 1.34. The van der Waals surface area contributed by atoms with E-state index in [2.05, 4.69) is 20.6 Å². The van der Waals surface area contributed by atoms with Gasteiger partial charge in [-0.15, -0.1) is 0 Å². The SMILES string of the molecule is CC1(NC(=O)OC(C)(C)C)C=CN(c2cnc(Sc3cccc(NC(=O)COCCOCCOCCOCC(=O)O)c3)cn2)C=C1. The van der Waals surface area contributed by atoms with Gasteiger partial charge in [0.25, 0.3) is 0 Å². The molecule has 0 spiro atoms. The number of carbonyl (C=O) groups excluding carboxylic acids is 2. The van der Waals surface area contributed by atoms with Gasteiger partial charge in [-0.1, -0.05) is 17.8 Å². The maximum absolute atomic E-state index is 12.3. The van der Waals surface area contributed by atoms with Crippen LogP contribution in [0.5, 0.6) is 0 Å². The molecule has 1 aliphatic rings. The first-order chi connectivity index (χ1) is 21.9. The van der Waals surface area contributed by atoms with Crippen molar-refractivity contribution in [3.05, 3.63) is 61.2 Å². The molecule has 0 saturated heterocycles. The van der Waals surface area contributed by atoms with E-state index < -0.39 is 23.2 Å². The summed E-state index contributed by atoms with van der Waals surface area (Å²) in [6.07, 6.45) is 10.1. The summed E-state index contributed by atoms with van der Waals surface area (Å²) in [4.78, 5) is 46.5. The maximum Gasteiger partial charge on any atom is 0.408 e. The molecule has 0 fully saturated rings. The average molecular weight is 660 g/mol. The summed E-state index contributed by atoms with van der Waals surface area (Å²) in [7, 11) is 0. The van der Waals surface area contributed by atoms with E-state index in [1.807, 2.05) is 58.0 Å². The molecule has 2 amide bonds. The molecular formula is C31H41N5O9S. The highest BCUT2D eigenvalue weighted by Crippen LogP contribution is 2.29. The van der Waals surface area contributed by atoms with Crippen molar-refractivity contribution in [2.45, 2.75) is 48.8 Å². The van der Waals surface area contributed by atoms with Crippen LogP contribution in [0.15, 0.2) is 71.1 Å². The number of nitrogens with zero attached hydrogens (tertiary/aromatic N) is 3. The second-order valence-electron chi connectivity index (χ2n) is 11.1. The third-order valence-electron chi connectivity index (χ3n) is 5.73. The Labute approximate surface area is 272 Å².